The minimum absolute atomic E-state index is 0.0873. The number of rotatable bonds is 12. The molecular formula is C20H31N5O5S2. The van der Waals surface area contributed by atoms with E-state index < -0.39 is 16.3 Å². The largest absolute Gasteiger partial charge is 0.354 e. The molecule has 2 rings (SSSR count). The first-order valence-electron chi connectivity index (χ1n) is 10.1. The minimum Gasteiger partial charge on any atom is -0.354 e. The van der Waals surface area contributed by atoms with Crippen LogP contribution < -0.4 is 5.32 Å². The van der Waals surface area contributed by atoms with Gasteiger partial charge < -0.3 is 14.8 Å². The maximum Gasteiger partial charge on any atom is 0.242 e. The van der Waals surface area contributed by atoms with Crippen LogP contribution in [0, 0.1) is 0 Å². The first kappa shape index (κ1) is 26.3. The van der Waals surface area contributed by atoms with Gasteiger partial charge >= 0.3 is 0 Å². The van der Waals surface area contributed by atoms with E-state index in [0.717, 1.165) is 10.7 Å². The number of aromatic nitrogens is 3. The van der Waals surface area contributed by atoms with E-state index in [2.05, 4.69) is 15.5 Å². The molecule has 0 fully saturated rings. The first-order valence-corrected chi connectivity index (χ1v) is 12.5. The van der Waals surface area contributed by atoms with Gasteiger partial charge in [0.1, 0.15) is 0 Å². The van der Waals surface area contributed by atoms with Crippen molar-refractivity contribution in [1.29, 1.82) is 0 Å². The van der Waals surface area contributed by atoms with E-state index in [1.54, 1.807) is 22.8 Å². The summed E-state index contributed by atoms with van der Waals surface area (Å²) in [4.78, 5) is 12.4. The number of carbonyl (C=O) groups excluding carboxylic acids is 1. The van der Waals surface area contributed by atoms with Gasteiger partial charge in [-0.25, -0.2) is 12.7 Å². The molecule has 1 heterocycles. The Morgan fingerprint density at radius 2 is 1.94 bits per heavy atom. The quantitative estimate of drug-likeness (QED) is 0.358. The number of sulfonamides is 1. The summed E-state index contributed by atoms with van der Waals surface area (Å²) >= 11 is 1.24. The predicted octanol–water partition coefficient (Wildman–Crippen LogP) is 1.82. The van der Waals surface area contributed by atoms with Crippen LogP contribution in [-0.4, -0.2) is 79.8 Å². The number of carbonyl (C=O) groups is 1. The molecule has 1 N–H and O–H groups in total. The summed E-state index contributed by atoms with van der Waals surface area (Å²) in [6.07, 6.45) is 0.262. The lowest BCUT2D eigenvalue weighted by atomic mass is 10.2. The van der Waals surface area contributed by atoms with Crippen LogP contribution in [0.25, 0.3) is 11.4 Å². The highest BCUT2D eigenvalue weighted by Crippen LogP contribution is 2.27. The van der Waals surface area contributed by atoms with Crippen LogP contribution in [-0.2, 0) is 30.8 Å². The van der Waals surface area contributed by atoms with Crippen molar-refractivity contribution < 1.29 is 22.7 Å². The predicted molar refractivity (Wildman–Crippen MR) is 123 cm³/mol. The summed E-state index contributed by atoms with van der Waals surface area (Å²) < 4.78 is 38.7. The number of thioether (sulfide) groups is 1. The van der Waals surface area contributed by atoms with E-state index in [9.17, 15) is 13.2 Å². The number of hydrogen-bond acceptors (Lipinski definition) is 8. The molecule has 1 unspecified atom stereocenters. The van der Waals surface area contributed by atoms with Crippen LogP contribution in [0.4, 0.5) is 0 Å². The molecule has 0 saturated carbocycles. The highest BCUT2D eigenvalue weighted by Gasteiger charge is 2.22. The molecule has 0 bridgehead atoms. The highest BCUT2D eigenvalue weighted by atomic mass is 32.2. The Labute approximate surface area is 193 Å². The monoisotopic (exact) mass is 485 g/mol. The molecule has 0 spiro atoms. The molecule has 12 heteroatoms. The number of benzene rings is 1. The third-order valence-electron chi connectivity index (χ3n) is 4.80. The second-order valence-corrected chi connectivity index (χ2v) is 10.4. The molecule has 1 atom stereocenters. The van der Waals surface area contributed by atoms with Crippen molar-refractivity contribution in [3.05, 3.63) is 24.3 Å². The van der Waals surface area contributed by atoms with E-state index in [-0.39, 0.29) is 29.1 Å². The summed E-state index contributed by atoms with van der Waals surface area (Å²) in [6, 6.07) is 6.58. The van der Waals surface area contributed by atoms with Crippen molar-refractivity contribution >= 4 is 27.7 Å². The molecule has 0 radical (unpaired) electrons. The van der Waals surface area contributed by atoms with E-state index in [4.69, 9.17) is 9.47 Å². The number of ether oxygens (including phenoxy) is 2. The fourth-order valence-corrected chi connectivity index (χ4v) is 4.43. The molecule has 0 aliphatic rings. The third kappa shape index (κ3) is 6.51. The van der Waals surface area contributed by atoms with Crippen LogP contribution in [0.15, 0.2) is 34.3 Å². The second kappa shape index (κ2) is 11.8. The van der Waals surface area contributed by atoms with E-state index >= 15 is 0 Å². The summed E-state index contributed by atoms with van der Waals surface area (Å²) in [5.74, 6) is 0.515. The molecule has 1 amide bonds. The van der Waals surface area contributed by atoms with Gasteiger partial charge in [0.2, 0.25) is 15.9 Å². The first-order chi connectivity index (χ1) is 15.1. The number of amides is 1. The molecule has 178 valence electrons. The summed E-state index contributed by atoms with van der Waals surface area (Å²) in [7, 11) is 2.39. The maximum absolute atomic E-state index is 12.6. The lowest BCUT2D eigenvalue weighted by Crippen LogP contribution is -2.33. The fraction of sp³-hybridized carbons (Fsp3) is 0.550. The van der Waals surface area contributed by atoms with Gasteiger partial charge in [-0.2, -0.15) is 0 Å². The molecule has 1 aromatic carbocycles. The highest BCUT2D eigenvalue weighted by molar-refractivity contribution is 7.99. The summed E-state index contributed by atoms with van der Waals surface area (Å²) in [5.41, 5.74) is 0.572. The Balaban J connectivity index is 2.40. The van der Waals surface area contributed by atoms with Gasteiger partial charge in [0.05, 0.1) is 17.2 Å². The van der Waals surface area contributed by atoms with E-state index in [1.165, 1.54) is 46.1 Å². The van der Waals surface area contributed by atoms with Gasteiger partial charge in [-0.3, -0.25) is 9.36 Å². The van der Waals surface area contributed by atoms with Crippen molar-refractivity contribution in [1.82, 2.24) is 24.4 Å². The fourth-order valence-electron chi connectivity index (χ4n) is 2.72. The molecule has 1 aromatic heterocycles. The normalized spacial score (nSPS) is 13.0. The van der Waals surface area contributed by atoms with Crippen LogP contribution in [0.3, 0.4) is 0 Å². The van der Waals surface area contributed by atoms with Crippen molar-refractivity contribution in [3.8, 4) is 11.4 Å². The van der Waals surface area contributed by atoms with Gasteiger partial charge in [-0.15, -0.1) is 10.2 Å². The van der Waals surface area contributed by atoms with Crippen molar-refractivity contribution in [2.24, 2.45) is 0 Å². The van der Waals surface area contributed by atoms with Gasteiger partial charge in [-0.1, -0.05) is 30.8 Å². The molecular weight excluding hydrogens is 454 g/mol. The zero-order valence-electron chi connectivity index (χ0n) is 19.2. The van der Waals surface area contributed by atoms with E-state index in [1.807, 2.05) is 13.8 Å². The van der Waals surface area contributed by atoms with Crippen LogP contribution in [0.1, 0.15) is 20.3 Å². The average molecular weight is 486 g/mol. The SMILES string of the molecule is CCC(C)NC(=O)CSc1nnc(-c2cccc(S(=O)(=O)N(C)C)c2)n1CC(OC)OC. The zero-order valence-corrected chi connectivity index (χ0v) is 20.9. The Kier molecular flexibility index (Phi) is 9.64. The average Bonchev–Trinajstić information content (AvgIpc) is 3.18. The zero-order chi connectivity index (χ0) is 23.9. The van der Waals surface area contributed by atoms with Gasteiger partial charge in [0.15, 0.2) is 17.3 Å². The Morgan fingerprint density at radius 1 is 1.25 bits per heavy atom. The molecule has 0 saturated heterocycles. The lowest BCUT2D eigenvalue weighted by Gasteiger charge is -2.17. The number of methoxy groups -OCH3 is 2. The second-order valence-electron chi connectivity index (χ2n) is 7.30. The molecule has 32 heavy (non-hydrogen) atoms. The number of hydrogen-bond donors (Lipinski definition) is 1. The summed E-state index contributed by atoms with van der Waals surface area (Å²) in [5, 5.41) is 11.9. The maximum atomic E-state index is 12.6. The topological polar surface area (TPSA) is 116 Å². The third-order valence-corrected chi connectivity index (χ3v) is 7.58. The van der Waals surface area contributed by atoms with Crippen LogP contribution in [0.5, 0.6) is 0 Å². The lowest BCUT2D eigenvalue weighted by molar-refractivity contribution is -0.119. The molecule has 2 aromatic rings. The minimum atomic E-state index is -3.61. The van der Waals surface area contributed by atoms with Crippen LogP contribution in [0.2, 0.25) is 0 Å². The number of nitrogens with one attached hydrogen (secondary N) is 1. The Hall–Kier alpha value is -1.99. The van der Waals surface area contributed by atoms with Gasteiger partial charge in [0.25, 0.3) is 0 Å². The summed E-state index contributed by atoms with van der Waals surface area (Å²) in [6.45, 7) is 4.20. The molecule has 10 nitrogen and oxygen atoms in total. The molecule has 0 aliphatic carbocycles. The van der Waals surface area contributed by atoms with Gasteiger partial charge in [-0.05, 0) is 25.5 Å². The van der Waals surface area contributed by atoms with Crippen molar-refractivity contribution in [3.63, 3.8) is 0 Å². The van der Waals surface area contributed by atoms with Crippen molar-refractivity contribution in [2.75, 3.05) is 34.1 Å². The Bertz CT molecular complexity index is 1010. The van der Waals surface area contributed by atoms with Crippen LogP contribution >= 0.6 is 11.8 Å². The smallest absolute Gasteiger partial charge is 0.242 e. The van der Waals surface area contributed by atoms with E-state index in [0.29, 0.717) is 16.5 Å². The van der Waals surface area contributed by atoms with Crippen molar-refractivity contribution in [2.45, 2.75) is 49.2 Å². The molecule has 0 aliphatic heterocycles. The number of nitrogens with zero attached hydrogens (tertiary/aromatic N) is 4. The Morgan fingerprint density at radius 3 is 2.53 bits per heavy atom. The van der Waals surface area contributed by atoms with Gasteiger partial charge in [0, 0.05) is 39.9 Å². The standard InChI is InChI=1S/C20H31N5O5S2/c1-7-14(2)21-17(26)13-31-20-23-22-19(25(20)12-18(29-5)30-6)15-9-8-10-16(11-15)32(27,28)24(3)4/h8-11,14,18H,7,12-13H2,1-6H3,(H,21,26).